The highest BCUT2D eigenvalue weighted by molar-refractivity contribution is 7.89. The van der Waals surface area contributed by atoms with Gasteiger partial charge < -0.3 is 14.4 Å². The lowest BCUT2D eigenvalue weighted by Gasteiger charge is -2.28. The van der Waals surface area contributed by atoms with Gasteiger partial charge in [-0.1, -0.05) is 29.3 Å². The second-order valence-electron chi connectivity index (χ2n) is 7.51. The lowest BCUT2D eigenvalue weighted by molar-refractivity contribution is -0.133. The van der Waals surface area contributed by atoms with Crippen molar-refractivity contribution >= 4 is 39.1 Å². The standard InChI is InChI=1S/C21H22Cl2N2O5S/c1-24(13-14-4-5-15(22)11-17(14)23)21(26)18-3-2-8-25(18)31(27,28)16-6-7-19-20(12-16)30-10-9-29-19/h4-7,11-12,18H,2-3,8-10,13H2,1H3. The number of fused-ring (bicyclic) bond motifs is 1. The Bertz CT molecular complexity index is 1110. The van der Waals surface area contributed by atoms with Crippen LogP contribution in [0.5, 0.6) is 11.5 Å². The van der Waals surface area contributed by atoms with Gasteiger partial charge in [-0.3, -0.25) is 4.79 Å². The molecule has 1 saturated heterocycles. The molecule has 4 rings (SSSR count). The summed E-state index contributed by atoms with van der Waals surface area (Å²) in [6.07, 6.45) is 1.07. The number of hydrogen-bond acceptors (Lipinski definition) is 5. The number of rotatable bonds is 5. The molecule has 1 unspecified atom stereocenters. The lowest BCUT2D eigenvalue weighted by atomic mass is 10.1. The normalized spacial score (nSPS) is 18.7. The maximum Gasteiger partial charge on any atom is 0.243 e. The Balaban J connectivity index is 1.54. The van der Waals surface area contributed by atoms with Crippen LogP contribution in [0.2, 0.25) is 10.0 Å². The molecule has 10 heteroatoms. The molecule has 0 N–H and O–H groups in total. The van der Waals surface area contributed by atoms with Crippen LogP contribution >= 0.6 is 23.2 Å². The third kappa shape index (κ3) is 4.48. The van der Waals surface area contributed by atoms with E-state index in [2.05, 4.69) is 0 Å². The fourth-order valence-corrected chi connectivity index (χ4v) is 5.97. The van der Waals surface area contributed by atoms with E-state index in [4.69, 9.17) is 32.7 Å². The van der Waals surface area contributed by atoms with Crippen molar-refractivity contribution in [1.82, 2.24) is 9.21 Å². The van der Waals surface area contributed by atoms with Crippen LogP contribution in [0.3, 0.4) is 0 Å². The van der Waals surface area contributed by atoms with Gasteiger partial charge in [-0.2, -0.15) is 4.31 Å². The molecule has 1 amide bonds. The van der Waals surface area contributed by atoms with Crippen molar-refractivity contribution in [3.05, 3.63) is 52.0 Å². The number of likely N-dealkylation sites (N-methyl/N-ethyl adjacent to an activating group) is 1. The highest BCUT2D eigenvalue weighted by Crippen LogP contribution is 2.35. The average Bonchev–Trinajstić information content (AvgIpc) is 3.25. The summed E-state index contributed by atoms with van der Waals surface area (Å²) in [4.78, 5) is 14.7. The number of hydrogen-bond donors (Lipinski definition) is 0. The highest BCUT2D eigenvalue weighted by Gasteiger charge is 2.41. The van der Waals surface area contributed by atoms with E-state index in [0.717, 1.165) is 5.56 Å². The second-order valence-corrected chi connectivity index (χ2v) is 10.2. The molecule has 0 aliphatic carbocycles. The first-order chi connectivity index (χ1) is 14.8. The number of carbonyl (C=O) groups excluding carboxylic acids is 1. The van der Waals surface area contributed by atoms with E-state index >= 15 is 0 Å². The van der Waals surface area contributed by atoms with E-state index in [1.807, 2.05) is 0 Å². The predicted octanol–water partition coefficient (Wildman–Crippen LogP) is 3.58. The van der Waals surface area contributed by atoms with Gasteiger partial charge in [-0.05, 0) is 42.7 Å². The molecule has 1 atom stereocenters. The summed E-state index contributed by atoms with van der Waals surface area (Å²) >= 11 is 12.2. The van der Waals surface area contributed by atoms with E-state index in [-0.39, 0.29) is 23.9 Å². The van der Waals surface area contributed by atoms with E-state index < -0.39 is 16.1 Å². The summed E-state index contributed by atoms with van der Waals surface area (Å²) in [5, 5.41) is 0.967. The third-order valence-corrected chi connectivity index (χ3v) is 7.90. The smallest absolute Gasteiger partial charge is 0.243 e. The minimum absolute atomic E-state index is 0.0832. The molecule has 2 aliphatic rings. The molecule has 2 aliphatic heterocycles. The molecule has 2 aromatic carbocycles. The van der Waals surface area contributed by atoms with Gasteiger partial charge >= 0.3 is 0 Å². The van der Waals surface area contributed by atoms with Crippen LogP contribution in [-0.2, 0) is 21.4 Å². The first-order valence-corrected chi connectivity index (χ1v) is 12.1. The van der Waals surface area contributed by atoms with Gasteiger partial charge in [0.2, 0.25) is 15.9 Å². The number of ether oxygens (including phenoxy) is 2. The topological polar surface area (TPSA) is 76.2 Å². The molecular formula is C21H22Cl2N2O5S. The van der Waals surface area contributed by atoms with E-state index in [1.165, 1.54) is 21.3 Å². The Morgan fingerprint density at radius 3 is 2.61 bits per heavy atom. The molecule has 0 spiro atoms. The van der Waals surface area contributed by atoms with Crippen LogP contribution < -0.4 is 9.47 Å². The third-order valence-electron chi connectivity index (χ3n) is 5.41. The Morgan fingerprint density at radius 2 is 1.87 bits per heavy atom. The van der Waals surface area contributed by atoms with Crippen molar-refractivity contribution in [1.29, 1.82) is 0 Å². The summed E-state index contributed by atoms with van der Waals surface area (Å²) in [5.74, 6) is 0.632. The van der Waals surface area contributed by atoms with Crippen molar-refractivity contribution in [2.45, 2.75) is 30.3 Å². The van der Waals surface area contributed by atoms with Crippen molar-refractivity contribution in [2.24, 2.45) is 0 Å². The number of benzene rings is 2. The fraction of sp³-hybridized carbons (Fsp3) is 0.381. The molecule has 1 fully saturated rings. The number of nitrogens with zero attached hydrogens (tertiary/aromatic N) is 2. The molecule has 2 aromatic rings. The molecule has 0 radical (unpaired) electrons. The lowest BCUT2D eigenvalue weighted by Crippen LogP contribution is -2.46. The number of carbonyl (C=O) groups is 1. The number of amides is 1. The first-order valence-electron chi connectivity index (χ1n) is 9.88. The van der Waals surface area contributed by atoms with Crippen LogP contribution in [-0.4, -0.2) is 56.4 Å². The Hall–Kier alpha value is -2.00. The van der Waals surface area contributed by atoms with Crippen molar-refractivity contribution in [3.63, 3.8) is 0 Å². The molecule has 0 bridgehead atoms. The van der Waals surface area contributed by atoms with Crippen LogP contribution in [0.1, 0.15) is 18.4 Å². The summed E-state index contributed by atoms with van der Waals surface area (Å²) in [6, 6.07) is 8.84. The van der Waals surface area contributed by atoms with Gasteiger partial charge in [-0.25, -0.2) is 8.42 Å². The van der Waals surface area contributed by atoms with Gasteiger partial charge in [0.25, 0.3) is 0 Å². The Kier molecular flexibility index (Phi) is 6.35. The zero-order valence-electron chi connectivity index (χ0n) is 16.9. The summed E-state index contributed by atoms with van der Waals surface area (Å²) in [7, 11) is -2.24. The Morgan fingerprint density at radius 1 is 1.13 bits per heavy atom. The highest BCUT2D eigenvalue weighted by atomic mass is 35.5. The zero-order chi connectivity index (χ0) is 22.2. The summed E-state index contributed by atoms with van der Waals surface area (Å²) < 4.78 is 38.9. The summed E-state index contributed by atoms with van der Waals surface area (Å²) in [6.45, 7) is 1.32. The minimum atomic E-state index is -3.88. The number of halogens is 2. The SMILES string of the molecule is CN(Cc1ccc(Cl)cc1Cl)C(=O)C1CCCN1S(=O)(=O)c1ccc2c(c1)OCCO2. The van der Waals surface area contributed by atoms with Crippen molar-refractivity contribution < 1.29 is 22.7 Å². The molecule has 31 heavy (non-hydrogen) atoms. The Labute approximate surface area is 191 Å². The largest absolute Gasteiger partial charge is 0.486 e. The van der Waals surface area contributed by atoms with Gasteiger partial charge in [0.1, 0.15) is 19.3 Å². The van der Waals surface area contributed by atoms with E-state index in [9.17, 15) is 13.2 Å². The molecular weight excluding hydrogens is 463 g/mol. The second kappa shape index (κ2) is 8.86. The van der Waals surface area contributed by atoms with Gasteiger partial charge in [-0.15, -0.1) is 0 Å². The van der Waals surface area contributed by atoms with Gasteiger partial charge in [0, 0.05) is 36.2 Å². The van der Waals surface area contributed by atoms with Crippen molar-refractivity contribution in [3.8, 4) is 11.5 Å². The average molecular weight is 485 g/mol. The maximum atomic E-state index is 13.3. The molecule has 2 heterocycles. The molecule has 0 aromatic heterocycles. The van der Waals surface area contributed by atoms with Crippen LogP contribution in [0.25, 0.3) is 0 Å². The van der Waals surface area contributed by atoms with Gasteiger partial charge in [0.15, 0.2) is 11.5 Å². The predicted molar refractivity (Wildman–Crippen MR) is 117 cm³/mol. The first kappa shape index (κ1) is 22.2. The molecule has 7 nitrogen and oxygen atoms in total. The van der Waals surface area contributed by atoms with E-state index in [0.29, 0.717) is 47.6 Å². The van der Waals surface area contributed by atoms with Crippen LogP contribution in [0, 0.1) is 0 Å². The van der Waals surface area contributed by atoms with Crippen molar-refractivity contribution in [2.75, 3.05) is 26.8 Å². The zero-order valence-corrected chi connectivity index (χ0v) is 19.2. The van der Waals surface area contributed by atoms with Gasteiger partial charge in [0.05, 0.1) is 4.90 Å². The maximum absolute atomic E-state index is 13.3. The number of sulfonamides is 1. The fourth-order valence-electron chi connectivity index (χ4n) is 3.83. The summed E-state index contributed by atoms with van der Waals surface area (Å²) in [5.41, 5.74) is 0.737. The van der Waals surface area contributed by atoms with Crippen LogP contribution in [0.4, 0.5) is 0 Å². The molecule has 0 saturated carbocycles. The minimum Gasteiger partial charge on any atom is -0.486 e. The van der Waals surface area contributed by atoms with Crippen LogP contribution in [0.15, 0.2) is 41.3 Å². The van der Waals surface area contributed by atoms with E-state index in [1.54, 1.807) is 31.3 Å². The monoisotopic (exact) mass is 484 g/mol. The quantitative estimate of drug-likeness (QED) is 0.648. The molecule has 166 valence electrons.